The van der Waals surface area contributed by atoms with Crippen LogP contribution in [0.5, 0.6) is 0 Å². The summed E-state index contributed by atoms with van der Waals surface area (Å²) < 4.78 is 0. The second kappa shape index (κ2) is 9.79. The minimum atomic E-state index is -1.26. The maximum atomic E-state index is 11.5. The summed E-state index contributed by atoms with van der Waals surface area (Å²) in [5.74, 6) is 0.418. The normalized spacial score (nSPS) is 51.0. The Balaban J connectivity index is 1.61. The Kier molecular flexibility index (Phi) is 7.76. The van der Waals surface area contributed by atoms with Gasteiger partial charge in [-0.25, -0.2) is 0 Å². The van der Waals surface area contributed by atoms with E-state index in [9.17, 15) is 25.5 Å². The van der Waals surface area contributed by atoms with E-state index in [-0.39, 0.29) is 47.3 Å². The number of aliphatic hydroxyl groups is 5. The molecule has 4 fully saturated rings. The third-order valence-corrected chi connectivity index (χ3v) is 12.0. The fourth-order valence-electron chi connectivity index (χ4n) is 9.86. The molecular formula is C28H51O7+. The van der Waals surface area contributed by atoms with Crippen molar-refractivity contribution >= 4 is 0 Å². The average Bonchev–Trinajstić information content (AvgIpc) is 3.19. The fourth-order valence-corrected chi connectivity index (χ4v) is 9.86. The Morgan fingerprint density at radius 3 is 2.26 bits per heavy atom. The molecule has 0 saturated heterocycles. The van der Waals surface area contributed by atoms with Gasteiger partial charge in [0.1, 0.15) is 6.10 Å². The molecule has 204 valence electrons. The summed E-state index contributed by atoms with van der Waals surface area (Å²) in [5, 5.41) is 63.3. The minimum Gasteiger partial charge on any atom is -0.393 e. The van der Waals surface area contributed by atoms with Gasteiger partial charge in [-0.1, -0.05) is 41.0 Å². The Labute approximate surface area is 210 Å². The highest BCUT2D eigenvalue weighted by atomic mass is 17.1. The number of rotatable bonds is 7. The second-order valence-electron chi connectivity index (χ2n) is 13.4. The van der Waals surface area contributed by atoms with Crippen molar-refractivity contribution in [2.75, 3.05) is 0 Å². The zero-order valence-electron chi connectivity index (χ0n) is 22.4. The van der Waals surface area contributed by atoms with Crippen LogP contribution in [0.2, 0.25) is 0 Å². The van der Waals surface area contributed by atoms with E-state index in [0.29, 0.717) is 12.8 Å². The highest BCUT2D eigenvalue weighted by Gasteiger charge is 2.73. The second-order valence-corrected chi connectivity index (χ2v) is 13.4. The zero-order chi connectivity index (χ0) is 25.9. The average molecular weight is 500 g/mol. The molecule has 6 unspecified atom stereocenters. The van der Waals surface area contributed by atoms with Gasteiger partial charge in [0.2, 0.25) is 0 Å². The molecule has 0 bridgehead atoms. The highest BCUT2D eigenvalue weighted by Crippen LogP contribution is 2.69. The maximum absolute atomic E-state index is 11.5. The van der Waals surface area contributed by atoms with Gasteiger partial charge in [0.25, 0.3) is 0 Å². The van der Waals surface area contributed by atoms with Gasteiger partial charge >= 0.3 is 0 Å². The van der Waals surface area contributed by atoms with Gasteiger partial charge in [0.15, 0.2) is 5.60 Å². The van der Waals surface area contributed by atoms with Gasteiger partial charge in [-0.3, -0.25) is 5.26 Å². The lowest BCUT2D eigenvalue weighted by Gasteiger charge is -2.65. The summed E-state index contributed by atoms with van der Waals surface area (Å²) in [5.41, 5.74) is -1.85. The first-order valence-electron chi connectivity index (χ1n) is 14.1. The van der Waals surface area contributed by atoms with Crippen LogP contribution < -0.4 is 0 Å². The third kappa shape index (κ3) is 3.95. The Morgan fingerprint density at radius 2 is 1.63 bits per heavy atom. The maximum Gasteiger partial charge on any atom is 0.185 e. The highest BCUT2D eigenvalue weighted by molar-refractivity contribution is 5.20. The summed E-state index contributed by atoms with van der Waals surface area (Å²) in [6.07, 6.45) is 2.63. The topological polar surface area (TPSA) is 133 Å². The van der Waals surface area contributed by atoms with E-state index in [1.807, 2.05) is 6.92 Å². The van der Waals surface area contributed by atoms with Gasteiger partial charge in [-0.05, 0) is 85.9 Å². The number of fused-ring (bicyclic) bond motifs is 5. The van der Waals surface area contributed by atoms with Crippen molar-refractivity contribution in [2.45, 2.75) is 129 Å². The minimum absolute atomic E-state index is 0.0492. The van der Waals surface area contributed by atoms with E-state index in [2.05, 4.69) is 27.7 Å². The van der Waals surface area contributed by atoms with Gasteiger partial charge in [-0.15, -0.1) is 4.89 Å². The first-order valence-corrected chi connectivity index (χ1v) is 14.1. The predicted octanol–water partition coefficient (Wildman–Crippen LogP) is 2.52. The largest absolute Gasteiger partial charge is 0.393 e. The lowest BCUT2D eigenvalue weighted by molar-refractivity contribution is -0.421. The van der Waals surface area contributed by atoms with Crippen LogP contribution in [-0.2, 0) is 4.89 Å². The monoisotopic (exact) mass is 499 g/mol. The van der Waals surface area contributed by atoms with E-state index in [1.54, 1.807) is 0 Å². The van der Waals surface area contributed by atoms with Crippen LogP contribution in [0.1, 0.15) is 92.4 Å². The van der Waals surface area contributed by atoms with Crippen LogP contribution in [0, 0.1) is 46.3 Å². The molecule has 0 heterocycles. The molecule has 0 radical (unpaired) electrons. The van der Waals surface area contributed by atoms with E-state index in [0.717, 1.165) is 38.5 Å². The standard InChI is InChI=1S/C28H50O7/c1-6-7-15(2)22(30)23(31)16(3)18-8-9-19-21-20(11-12-26(18,19)4)27(5)13-10-17(29)14-28(27,35-34)25(33)24(21)32/h15-25,29-34H,6-14H2,1-5H3/p+1/t15-,16+,17+,18-,19+,20+,21?,22?,23?,24?,25?,26-,27-,28?/m1/s1. The van der Waals surface area contributed by atoms with E-state index in [4.69, 9.17) is 10.1 Å². The molecular weight excluding hydrogens is 448 g/mol. The molecule has 0 aromatic heterocycles. The first kappa shape index (κ1) is 27.7. The summed E-state index contributed by atoms with van der Waals surface area (Å²) in [7, 11) is 0. The first-order chi connectivity index (χ1) is 16.4. The number of hydrogen-bond donors (Lipinski definition) is 5. The summed E-state index contributed by atoms with van der Waals surface area (Å²) in [6, 6.07) is 0. The lowest BCUT2D eigenvalue weighted by atomic mass is 9.41. The number of hydrogen-bond acceptors (Lipinski definition) is 6. The van der Waals surface area contributed by atoms with Crippen molar-refractivity contribution < 1.29 is 35.7 Å². The van der Waals surface area contributed by atoms with E-state index >= 15 is 0 Å². The van der Waals surface area contributed by atoms with Crippen molar-refractivity contribution in [3.63, 3.8) is 0 Å². The van der Waals surface area contributed by atoms with Gasteiger partial charge in [0, 0.05) is 11.8 Å². The molecule has 0 aromatic rings. The zero-order valence-corrected chi connectivity index (χ0v) is 22.4. The lowest BCUT2D eigenvalue weighted by Crippen LogP contribution is -2.74. The van der Waals surface area contributed by atoms with Crippen molar-refractivity contribution in [2.24, 2.45) is 46.3 Å². The van der Waals surface area contributed by atoms with Gasteiger partial charge in [-0.2, -0.15) is 0 Å². The summed E-state index contributed by atoms with van der Waals surface area (Å²) in [6.45, 7) is 10.6. The van der Waals surface area contributed by atoms with Crippen LogP contribution in [0.4, 0.5) is 0 Å². The molecule has 4 aliphatic rings. The molecule has 4 aliphatic carbocycles. The molecule has 0 aromatic carbocycles. The predicted molar refractivity (Wildman–Crippen MR) is 133 cm³/mol. The summed E-state index contributed by atoms with van der Waals surface area (Å²) >= 11 is 0. The van der Waals surface area contributed by atoms with Crippen LogP contribution in [0.25, 0.3) is 0 Å². The number of aliphatic hydroxyl groups excluding tert-OH is 5. The van der Waals surface area contributed by atoms with E-state index in [1.165, 1.54) is 0 Å². The molecule has 4 saturated carbocycles. The Morgan fingerprint density at radius 1 is 0.943 bits per heavy atom. The van der Waals surface area contributed by atoms with Crippen LogP contribution in [-0.4, -0.2) is 66.9 Å². The van der Waals surface area contributed by atoms with Crippen molar-refractivity contribution in [1.82, 2.24) is 0 Å². The Hall–Kier alpha value is -0.280. The fraction of sp³-hybridized carbons (Fsp3) is 1.00. The van der Waals surface area contributed by atoms with Crippen LogP contribution >= 0.6 is 0 Å². The molecule has 7 heteroatoms. The van der Waals surface area contributed by atoms with E-state index < -0.39 is 41.5 Å². The molecule has 4 rings (SSSR count). The van der Waals surface area contributed by atoms with Crippen molar-refractivity contribution in [3.05, 3.63) is 0 Å². The SMILES string of the molecule is CCC[C@@H](C)C(O)C(O)[C@@H](C)[C@H]1CC[C@H]2C3C(O)C(O)C4(O[OH2+])C[C@@H](O)CC[C@]4(C)[C@H]3CC[C@]12C. The molecule has 14 atom stereocenters. The van der Waals surface area contributed by atoms with Crippen LogP contribution in [0.3, 0.4) is 0 Å². The molecule has 0 amide bonds. The Bertz CT molecular complexity index is 749. The third-order valence-electron chi connectivity index (χ3n) is 12.0. The van der Waals surface area contributed by atoms with Crippen molar-refractivity contribution in [3.8, 4) is 0 Å². The van der Waals surface area contributed by atoms with Gasteiger partial charge < -0.3 is 25.5 Å². The molecule has 35 heavy (non-hydrogen) atoms. The molecule has 7 nitrogen and oxygen atoms in total. The quantitative estimate of drug-likeness (QED) is 0.208. The summed E-state index contributed by atoms with van der Waals surface area (Å²) in [4.78, 5) is 5.30. The van der Waals surface area contributed by atoms with Crippen molar-refractivity contribution in [1.29, 1.82) is 0 Å². The smallest absolute Gasteiger partial charge is 0.185 e. The molecule has 7 N–H and O–H groups in total. The van der Waals surface area contributed by atoms with Gasteiger partial charge in [0.05, 0.1) is 24.4 Å². The molecule has 0 spiro atoms. The molecule has 0 aliphatic heterocycles. The van der Waals surface area contributed by atoms with Crippen LogP contribution in [0.15, 0.2) is 0 Å².